The summed E-state index contributed by atoms with van der Waals surface area (Å²) >= 11 is 0. The van der Waals surface area contributed by atoms with E-state index in [1.54, 1.807) is 0 Å². The van der Waals surface area contributed by atoms with Crippen molar-refractivity contribution in [2.24, 2.45) is 35.0 Å². The predicted octanol–water partition coefficient (Wildman–Crippen LogP) is 5.91. The van der Waals surface area contributed by atoms with Crippen LogP contribution in [0.3, 0.4) is 0 Å². The molecule has 0 N–H and O–H groups in total. The normalized spacial score (nSPS) is 45.5. The van der Waals surface area contributed by atoms with Gasteiger partial charge in [-0.25, -0.2) is 0 Å². The van der Waals surface area contributed by atoms with Crippen molar-refractivity contribution < 1.29 is 0 Å². The minimum absolute atomic E-state index is 0.605. The second-order valence-electron chi connectivity index (χ2n) is 8.44. The maximum absolute atomic E-state index is 2.54. The van der Waals surface area contributed by atoms with Crippen molar-refractivity contribution in [3.05, 3.63) is 0 Å². The van der Waals surface area contributed by atoms with Crippen molar-refractivity contribution in [3.63, 3.8) is 0 Å². The quantitative estimate of drug-likeness (QED) is 0.507. The first-order chi connectivity index (χ1) is 8.39. The van der Waals surface area contributed by atoms with E-state index in [0.29, 0.717) is 5.41 Å². The standard InChI is InChI=1S/C18H34/c1-13-6-7-16(15(3)12-13)17-9-11-18(4,5)10-8-14(17)2/h13-17H,6-12H2,1-5H3. The fourth-order valence-corrected chi connectivity index (χ4v) is 4.76. The average molecular weight is 250 g/mol. The third-order valence-corrected chi connectivity index (χ3v) is 6.21. The summed E-state index contributed by atoms with van der Waals surface area (Å²) in [5.74, 6) is 4.98. The Hall–Kier alpha value is 0. The van der Waals surface area contributed by atoms with Gasteiger partial charge in [-0.05, 0) is 73.5 Å². The molecular formula is C18H34. The molecule has 2 aliphatic carbocycles. The molecule has 0 spiro atoms. The average Bonchev–Trinajstić information content (AvgIpc) is 2.41. The van der Waals surface area contributed by atoms with E-state index in [2.05, 4.69) is 34.6 Å². The Morgan fingerprint density at radius 3 is 2.00 bits per heavy atom. The predicted molar refractivity (Wildman–Crippen MR) is 80.6 cm³/mol. The Balaban J connectivity index is 2.02. The van der Waals surface area contributed by atoms with Crippen LogP contribution in [0.25, 0.3) is 0 Å². The van der Waals surface area contributed by atoms with Crippen molar-refractivity contribution >= 4 is 0 Å². The van der Waals surface area contributed by atoms with E-state index >= 15 is 0 Å². The van der Waals surface area contributed by atoms with Crippen molar-refractivity contribution in [1.29, 1.82) is 0 Å². The van der Waals surface area contributed by atoms with E-state index in [4.69, 9.17) is 0 Å². The summed E-state index contributed by atoms with van der Waals surface area (Å²) in [6.07, 6.45) is 10.4. The van der Waals surface area contributed by atoms with Crippen LogP contribution in [0.15, 0.2) is 0 Å². The summed E-state index contributed by atoms with van der Waals surface area (Å²) in [5.41, 5.74) is 0.605. The Bertz CT molecular complexity index is 265. The molecular weight excluding hydrogens is 216 g/mol. The van der Waals surface area contributed by atoms with Gasteiger partial charge < -0.3 is 0 Å². The summed E-state index contributed by atoms with van der Waals surface area (Å²) in [4.78, 5) is 0. The van der Waals surface area contributed by atoms with Gasteiger partial charge >= 0.3 is 0 Å². The Morgan fingerprint density at radius 2 is 1.33 bits per heavy atom. The van der Waals surface area contributed by atoms with Crippen LogP contribution in [0.5, 0.6) is 0 Å². The smallest absolute Gasteiger partial charge is 0.0354 e. The van der Waals surface area contributed by atoms with Crippen LogP contribution in [0.2, 0.25) is 0 Å². The third-order valence-electron chi connectivity index (χ3n) is 6.21. The molecule has 18 heavy (non-hydrogen) atoms. The molecule has 0 heterocycles. The molecule has 2 aliphatic rings. The third kappa shape index (κ3) is 3.31. The van der Waals surface area contributed by atoms with Crippen molar-refractivity contribution in [2.45, 2.75) is 79.6 Å². The molecule has 0 nitrogen and oxygen atoms in total. The minimum Gasteiger partial charge on any atom is -0.0625 e. The van der Waals surface area contributed by atoms with Gasteiger partial charge in [-0.15, -0.1) is 0 Å². The van der Waals surface area contributed by atoms with Crippen LogP contribution in [0, 0.1) is 35.0 Å². The van der Waals surface area contributed by atoms with E-state index in [9.17, 15) is 0 Å². The highest BCUT2D eigenvalue weighted by molar-refractivity contribution is 4.87. The van der Waals surface area contributed by atoms with E-state index in [-0.39, 0.29) is 0 Å². The van der Waals surface area contributed by atoms with Gasteiger partial charge in [0.05, 0.1) is 0 Å². The first-order valence-corrected chi connectivity index (χ1v) is 8.39. The maximum atomic E-state index is 2.54. The van der Waals surface area contributed by atoms with Gasteiger partial charge in [-0.1, -0.05) is 41.0 Å². The molecule has 5 unspecified atom stereocenters. The van der Waals surface area contributed by atoms with Crippen LogP contribution in [0.4, 0.5) is 0 Å². The zero-order chi connectivity index (χ0) is 13.3. The number of rotatable bonds is 1. The van der Waals surface area contributed by atoms with Gasteiger partial charge in [0.2, 0.25) is 0 Å². The van der Waals surface area contributed by atoms with Crippen molar-refractivity contribution in [1.82, 2.24) is 0 Å². The van der Waals surface area contributed by atoms with Gasteiger partial charge in [-0.3, -0.25) is 0 Å². The zero-order valence-corrected chi connectivity index (χ0v) is 13.3. The van der Waals surface area contributed by atoms with E-state index < -0.39 is 0 Å². The molecule has 0 radical (unpaired) electrons. The Kier molecular flexibility index (Phi) is 4.44. The molecule has 0 aromatic rings. The van der Waals surface area contributed by atoms with Gasteiger partial charge in [0.25, 0.3) is 0 Å². The minimum atomic E-state index is 0.605. The molecule has 0 bridgehead atoms. The monoisotopic (exact) mass is 250 g/mol. The Morgan fingerprint density at radius 1 is 0.722 bits per heavy atom. The largest absolute Gasteiger partial charge is 0.0625 e. The van der Waals surface area contributed by atoms with E-state index in [1.807, 2.05) is 0 Å². The van der Waals surface area contributed by atoms with E-state index in [1.165, 1.54) is 44.9 Å². The fourth-order valence-electron chi connectivity index (χ4n) is 4.76. The highest BCUT2D eigenvalue weighted by Crippen LogP contribution is 2.47. The SMILES string of the molecule is CC1CCC(C2CCC(C)(C)CCC2C)C(C)C1. The second kappa shape index (κ2) is 5.55. The van der Waals surface area contributed by atoms with Crippen LogP contribution in [-0.4, -0.2) is 0 Å². The van der Waals surface area contributed by atoms with Crippen molar-refractivity contribution in [2.75, 3.05) is 0 Å². The molecule has 106 valence electrons. The molecule has 2 rings (SSSR count). The molecule has 0 aliphatic heterocycles. The lowest BCUT2D eigenvalue weighted by Gasteiger charge is -2.40. The van der Waals surface area contributed by atoms with Crippen LogP contribution < -0.4 is 0 Å². The van der Waals surface area contributed by atoms with Gasteiger partial charge in [0.1, 0.15) is 0 Å². The first kappa shape index (κ1) is 14.4. The van der Waals surface area contributed by atoms with Gasteiger partial charge in [0, 0.05) is 0 Å². The molecule has 0 amide bonds. The summed E-state index contributed by atoms with van der Waals surface area (Å²) in [6.45, 7) is 12.5. The van der Waals surface area contributed by atoms with E-state index in [0.717, 1.165) is 29.6 Å². The second-order valence-corrected chi connectivity index (χ2v) is 8.44. The first-order valence-electron chi connectivity index (χ1n) is 8.39. The summed E-state index contributed by atoms with van der Waals surface area (Å²) < 4.78 is 0. The lowest BCUT2D eigenvalue weighted by molar-refractivity contribution is 0.101. The van der Waals surface area contributed by atoms with Crippen LogP contribution in [0.1, 0.15) is 79.6 Å². The molecule has 0 aromatic carbocycles. The highest BCUT2D eigenvalue weighted by atomic mass is 14.4. The topological polar surface area (TPSA) is 0 Å². The van der Waals surface area contributed by atoms with Crippen LogP contribution in [-0.2, 0) is 0 Å². The molecule has 0 aromatic heterocycles. The Labute approximate surface area is 115 Å². The summed E-state index contributed by atoms with van der Waals surface area (Å²) in [5, 5.41) is 0. The maximum Gasteiger partial charge on any atom is -0.0354 e. The van der Waals surface area contributed by atoms with Gasteiger partial charge in [0.15, 0.2) is 0 Å². The summed E-state index contributed by atoms with van der Waals surface area (Å²) in [6, 6.07) is 0. The molecule has 0 saturated heterocycles. The highest BCUT2D eigenvalue weighted by Gasteiger charge is 2.37. The van der Waals surface area contributed by atoms with Crippen LogP contribution >= 0.6 is 0 Å². The van der Waals surface area contributed by atoms with Crippen molar-refractivity contribution in [3.8, 4) is 0 Å². The number of hydrogen-bond acceptors (Lipinski definition) is 0. The fraction of sp³-hybridized carbons (Fsp3) is 1.00. The molecule has 5 atom stereocenters. The van der Waals surface area contributed by atoms with Gasteiger partial charge in [-0.2, -0.15) is 0 Å². The lowest BCUT2D eigenvalue weighted by Crippen LogP contribution is -2.31. The molecule has 0 heteroatoms. The molecule has 2 fully saturated rings. The zero-order valence-electron chi connectivity index (χ0n) is 13.3. The summed E-state index contributed by atoms with van der Waals surface area (Å²) in [7, 11) is 0. The lowest BCUT2D eigenvalue weighted by atomic mass is 9.66. The number of hydrogen-bond donors (Lipinski definition) is 0. The molecule has 2 saturated carbocycles.